The Labute approximate surface area is 103 Å². The normalized spacial score (nSPS) is 18.8. The van der Waals surface area contributed by atoms with Crippen molar-refractivity contribution < 1.29 is 8.42 Å². The van der Waals surface area contributed by atoms with Gasteiger partial charge >= 0.3 is 0 Å². The van der Waals surface area contributed by atoms with Crippen LogP contribution in [-0.2, 0) is 28.7 Å². The third kappa shape index (κ3) is 3.30. The molecule has 94 valence electrons. The van der Waals surface area contributed by atoms with Crippen molar-refractivity contribution in [1.82, 2.24) is 4.72 Å². The fraction of sp³-hybridized carbons (Fsp3) is 0.538. The van der Waals surface area contributed by atoms with Crippen LogP contribution in [0.15, 0.2) is 18.2 Å². The van der Waals surface area contributed by atoms with E-state index in [1.807, 2.05) is 12.1 Å². The van der Waals surface area contributed by atoms with Crippen LogP contribution in [0.4, 0.5) is 0 Å². The topological polar surface area (TPSA) is 46.2 Å². The van der Waals surface area contributed by atoms with E-state index in [1.165, 1.54) is 5.56 Å². The summed E-state index contributed by atoms with van der Waals surface area (Å²) in [5, 5.41) is 0. The summed E-state index contributed by atoms with van der Waals surface area (Å²) in [6.45, 7) is 6.98. The van der Waals surface area contributed by atoms with Crippen LogP contribution in [0, 0.1) is 5.41 Å². The lowest BCUT2D eigenvalue weighted by atomic mass is 9.87. The highest BCUT2D eigenvalue weighted by molar-refractivity contribution is 7.88. The number of sulfonamides is 1. The maximum Gasteiger partial charge on any atom is 0.216 e. The van der Waals surface area contributed by atoms with Gasteiger partial charge < -0.3 is 0 Å². The molecule has 1 N–H and O–H groups in total. The van der Waals surface area contributed by atoms with Crippen molar-refractivity contribution in [3.63, 3.8) is 0 Å². The van der Waals surface area contributed by atoms with Crippen LogP contribution in [0.25, 0.3) is 0 Å². The lowest BCUT2D eigenvalue weighted by Crippen LogP contribution is -2.30. The molecule has 3 nitrogen and oxygen atoms in total. The molecule has 0 aromatic heterocycles. The first-order chi connectivity index (χ1) is 7.75. The Morgan fingerprint density at radius 2 is 1.94 bits per heavy atom. The van der Waals surface area contributed by atoms with E-state index in [2.05, 4.69) is 31.6 Å². The molecule has 1 aromatic carbocycles. The molecule has 0 fully saturated rings. The number of fused-ring (bicyclic) bond motifs is 1. The van der Waals surface area contributed by atoms with E-state index in [-0.39, 0.29) is 11.2 Å². The zero-order valence-electron chi connectivity index (χ0n) is 10.6. The summed E-state index contributed by atoms with van der Waals surface area (Å²) in [7, 11) is -3.11. The number of hydrogen-bond acceptors (Lipinski definition) is 2. The van der Waals surface area contributed by atoms with Crippen LogP contribution in [0.1, 0.15) is 37.5 Å². The first kappa shape index (κ1) is 12.6. The van der Waals surface area contributed by atoms with Gasteiger partial charge in [0.25, 0.3) is 0 Å². The zero-order chi connectivity index (χ0) is 12.7. The van der Waals surface area contributed by atoms with Gasteiger partial charge in [-0.2, -0.15) is 0 Å². The Morgan fingerprint density at radius 1 is 1.24 bits per heavy atom. The first-order valence-corrected chi connectivity index (χ1v) is 7.48. The molecule has 4 heteroatoms. The molecule has 0 saturated heterocycles. The second-order valence-corrected chi connectivity index (χ2v) is 7.73. The van der Waals surface area contributed by atoms with E-state index in [0.717, 1.165) is 17.5 Å². The van der Waals surface area contributed by atoms with Gasteiger partial charge in [-0.05, 0) is 28.5 Å². The second-order valence-electron chi connectivity index (χ2n) is 5.92. The van der Waals surface area contributed by atoms with Gasteiger partial charge in [-0.15, -0.1) is 0 Å². The molecule has 0 bridgehead atoms. The van der Waals surface area contributed by atoms with Crippen molar-refractivity contribution in [2.45, 2.75) is 39.5 Å². The summed E-state index contributed by atoms with van der Waals surface area (Å²) in [5.41, 5.74) is 3.48. The second kappa shape index (κ2) is 4.10. The Hall–Kier alpha value is -0.870. The van der Waals surface area contributed by atoms with Crippen LogP contribution in [0.2, 0.25) is 0 Å². The smallest absolute Gasteiger partial charge is 0.212 e. The Balaban J connectivity index is 2.31. The van der Waals surface area contributed by atoms with Gasteiger partial charge in [0.15, 0.2) is 0 Å². The van der Waals surface area contributed by atoms with Crippen molar-refractivity contribution in [3.05, 3.63) is 34.9 Å². The molecule has 0 aliphatic carbocycles. The molecular weight excluding hydrogens is 234 g/mol. The largest absolute Gasteiger partial charge is 0.216 e. The Kier molecular flexibility index (Phi) is 3.04. The predicted molar refractivity (Wildman–Crippen MR) is 69.1 cm³/mol. The molecule has 0 unspecified atom stereocenters. The first-order valence-electron chi connectivity index (χ1n) is 5.83. The summed E-state index contributed by atoms with van der Waals surface area (Å²) in [6, 6.07) is 6.18. The molecule has 0 radical (unpaired) electrons. The monoisotopic (exact) mass is 253 g/mol. The molecule has 1 aromatic rings. The fourth-order valence-electron chi connectivity index (χ4n) is 2.15. The lowest BCUT2D eigenvalue weighted by molar-refractivity contribution is 0.411. The van der Waals surface area contributed by atoms with Gasteiger partial charge in [-0.25, -0.2) is 13.1 Å². The molecule has 0 amide bonds. The van der Waals surface area contributed by atoms with Gasteiger partial charge in [0, 0.05) is 6.54 Å². The summed E-state index contributed by atoms with van der Waals surface area (Å²) < 4.78 is 25.6. The fourth-order valence-corrected chi connectivity index (χ4v) is 3.31. The number of benzene rings is 1. The average molecular weight is 253 g/mol. The van der Waals surface area contributed by atoms with Crippen LogP contribution < -0.4 is 4.72 Å². The van der Waals surface area contributed by atoms with Crippen LogP contribution in [0.5, 0.6) is 0 Å². The maximum absolute atomic E-state index is 11.5. The van der Waals surface area contributed by atoms with Crippen molar-refractivity contribution in [2.75, 3.05) is 0 Å². The molecular formula is C13H19NO2S. The minimum Gasteiger partial charge on any atom is -0.212 e. The van der Waals surface area contributed by atoms with E-state index >= 15 is 0 Å². The predicted octanol–water partition coefficient (Wildman–Crippen LogP) is 2.21. The van der Waals surface area contributed by atoms with E-state index in [9.17, 15) is 8.42 Å². The van der Waals surface area contributed by atoms with Gasteiger partial charge in [-0.1, -0.05) is 39.0 Å². The van der Waals surface area contributed by atoms with E-state index in [4.69, 9.17) is 0 Å². The van der Waals surface area contributed by atoms with Crippen molar-refractivity contribution in [1.29, 1.82) is 0 Å². The molecule has 1 aliphatic rings. The molecule has 2 rings (SSSR count). The van der Waals surface area contributed by atoms with Gasteiger partial charge in [0.2, 0.25) is 10.0 Å². The molecule has 0 atom stereocenters. The Morgan fingerprint density at radius 3 is 2.59 bits per heavy atom. The van der Waals surface area contributed by atoms with Crippen molar-refractivity contribution >= 4 is 10.0 Å². The minimum absolute atomic E-state index is 0.111. The summed E-state index contributed by atoms with van der Waals surface area (Å²) in [6.07, 6.45) is 0.966. The van der Waals surface area contributed by atoms with E-state index < -0.39 is 10.0 Å². The third-order valence-corrected chi connectivity index (χ3v) is 4.11. The summed E-state index contributed by atoms with van der Waals surface area (Å²) in [5.74, 6) is 0.111. The Bertz CT molecular complexity index is 527. The summed E-state index contributed by atoms with van der Waals surface area (Å²) in [4.78, 5) is 0. The van der Waals surface area contributed by atoms with Crippen molar-refractivity contribution in [2.24, 2.45) is 5.41 Å². The number of hydrogen-bond donors (Lipinski definition) is 1. The van der Waals surface area contributed by atoms with Crippen LogP contribution in [0.3, 0.4) is 0 Å². The van der Waals surface area contributed by atoms with Crippen molar-refractivity contribution in [3.8, 4) is 0 Å². The molecule has 0 spiro atoms. The quantitative estimate of drug-likeness (QED) is 0.834. The standard InChI is InChI=1S/C13H19NO2S/c1-13(2,3)7-10-4-5-11-8-14-17(15,16)9-12(11)6-10/h4-6,14H,7-9H2,1-3H3. The molecule has 0 saturated carbocycles. The van der Waals surface area contributed by atoms with Gasteiger partial charge in [0.1, 0.15) is 0 Å². The highest BCUT2D eigenvalue weighted by atomic mass is 32.2. The van der Waals surface area contributed by atoms with Gasteiger partial charge in [-0.3, -0.25) is 0 Å². The molecule has 1 aliphatic heterocycles. The van der Waals surface area contributed by atoms with Crippen LogP contribution >= 0.6 is 0 Å². The van der Waals surface area contributed by atoms with E-state index in [1.54, 1.807) is 0 Å². The maximum atomic E-state index is 11.5. The molecule has 1 heterocycles. The lowest BCUT2D eigenvalue weighted by Gasteiger charge is -2.21. The zero-order valence-corrected chi connectivity index (χ0v) is 11.4. The average Bonchev–Trinajstić information content (AvgIpc) is 2.12. The third-order valence-electron chi connectivity index (χ3n) is 2.83. The highest BCUT2D eigenvalue weighted by Crippen LogP contribution is 2.24. The van der Waals surface area contributed by atoms with E-state index in [0.29, 0.717) is 6.54 Å². The number of rotatable bonds is 1. The number of nitrogens with one attached hydrogen (secondary N) is 1. The van der Waals surface area contributed by atoms with Crippen LogP contribution in [-0.4, -0.2) is 8.42 Å². The highest BCUT2D eigenvalue weighted by Gasteiger charge is 2.21. The minimum atomic E-state index is -3.11. The SMILES string of the molecule is CC(C)(C)Cc1ccc2c(c1)CS(=O)(=O)NC2. The summed E-state index contributed by atoms with van der Waals surface area (Å²) >= 11 is 0. The van der Waals surface area contributed by atoms with Gasteiger partial charge in [0.05, 0.1) is 5.75 Å². The molecule has 17 heavy (non-hydrogen) atoms.